The van der Waals surface area contributed by atoms with E-state index in [-0.39, 0.29) is 23.2 Å². The first-order chi connectivity index (χ1) is 15.2. The molecule has 1 aliphatic rings. The zero-order valence-electron chi connectivity index (χ0n) is 17.9. The molecule has 1 N–H and O–H groups in total. The Morgan fingerprint density at radius 1 is 1.09 bits per heavy atom. The molecular weight excluding hydrogens is 452 g/mol. The van der Waals surface area contributed by atoms with Gasteiger partial charge in [0.05, 0.1) is 26.6 Å². The van der Waals surface area contributed by atoms with Crippen molar-refractivity contribution in [2.24, 2.45) is 0 Å². The molecule has 1 aliphatic heterocycles. The lowest BCUT2D eigenvalue weighted by molar-refractivity contribution is -0.116. The van der Waals surface area contributed by atoms with E-state index in [1.54, 1.807) is 34.9 Å². The fraction of sp³-hybridized carbons (Fsp3) is 0.364. The first-order valence-corrected chi connectivity index (χ1v) is 12.3. The SMILES string of the molecule is CC(C)n1c(=O)n(CC(=O)Nc2ccccc2Cl)c2cc(S(=O)(=O)N3CCCC3)ccc21. The Kier molecular flexibility index (Phi) is 6.15. The normalized spacial score (nSPS) is 15.0. The number of anilines is 1. The number of nitrogens with one attached hydrogen (secondary N) is 1. The Bertz CT molecular complexity index is 1340. The molecule has 1 aromatic heterocycles. The van der Waals surface area contributed by atoms with Crippen molar-refractivity contribution in [2.45, 2.75) is 44.2 Å². The van der Waals surface area contributed by atoms with Gasteiger partial charge in [0.15, 0.2) is 0 Å². The number of imidazole rings is 1. The molecule has 1 saturated heterocycles. The summed E-state index contributed by atoms with van der Waals surface area (Å²) < 4.78 is 30.4. The van der Waals surface area contributed by atoms with Crippen LogP contribution >= 0.6 is 11.6 Å². The first kappa shape index (κ1) is 22.6. The van der Waals surface area contributed by atoms with Crippen LogP contribution in [0.15, 0.2) is 52.2 Å². The summed E-state index contributed by atoms with van der Waals surface area (Å²) in [5, 5.41) is 3.10. The summed E-state index contributed by atoms with van der Waals surface area (Å²) in [7, 11) is -3.66. The molecule has 1 fully saturated rings. The number of halogens is 1. The van der Waals surface area contributed by atoms with Gasteiger partial charge in [-0.05, 0) is 57.0 Å². The molecule has 170 valence electrons. The molecule has 3 aromatic rings. The van der Waals surface area contributed by atoms with Crippen molar-refractivity contribution in [3.63, 3.8) is 0 Å². The third kappa shape index (κ3) is 4.07. The Labute approximate surface area is 191 Å². The molecule has 0 bridgehead atoms. The number of aromatic nitrogens is 2. The van der Waals surface area contributed by atoms with Crippen LogP contribution in [0.5, 0.6) is 0 Å². The van der Waals surface area contributed by atoms with E-state index in [4.69, 9.17) is 11.6 Å². The van der Waals surface area contributed by atoms with Crippen molar-refractivity contribution in [1.82, 2.24) is 13.4 Å². The third-order valence-corrected chi connectivity index (χ3v) is 7.83. The summed E-state index contributed by atoms with van der Waals surface area (Å²) in [4.78, 5) is 26.0. The maximum Gasteiger partial charge on any atom is 0.329 e. The van der Waals surface area contributed by atoms with E-state index in [1.807, 2.05) is 13.8 Å². The van der Waals surface area contributed by atoms with E-state index in [2.05, 4.69) is 5.32 Å². The number of hydrogen-bond donors (Lipinski definition) is 1. The highest BCUT2D eigenvalue weighted by atomic mass is 35.5. The van der Waals surface area contributed by atoms with Crippen LogP contribution in [0.2, 0.25) is 5.02 Å². The molecule has 0 atom stereocenters. The standard InChI is InChI=1S/C22H25ClN4O4S/c1-15(2)27-19-10-9-16(32(30,31)25-11-5-6-12-25)13-20(19)26(22(27)29)14-21(28)24-18-8-4-3-7-17(18)23/h3-4,7-10,13,15H,5-6,11-12,14H2,1-2H3,(H,24,28). The summed E-state index contributed by atoms with van der Waals surface area (Å²) in [5.41, 5.74) is 1.05. The van der Waals surface area contributed by atoms with Crippen LogP contribution in [-0.2, 0) is 21.4 Å². The largest absolute Gasteiger partial charge is 0.329 e. The van der Waals surface area contributed by atoms with Crippen molar-refractivity contribution >= 4 is 44.3 Å². The second-order valence-electron chi connectivity index (χ2n) is 8.12. The third-order valence-electron chi connectivity index (χ3n) is 5.60. The second-order valence-corrected chi connectivity index (χ2v) is 10.5. The molecule has 0 radical (unpaired) electrons. The summed E-state index contributed by atoms with van der Waals surface area (Å²) in [6.07, 6.45) is 1.66. The lowest BCUT2D eigenvalue weighted by atomic mass is 10.3. The maximum atomic E-state index is 13.2. The smallest absolute Gasteiger partial charge is 0.323 e. The summed E-state index contributed by atoms with van der Waals surface area (Å²) >= 11 is 6.12. The van der Waals surface area contributed by atoms with Gasteiger partial charge in [-0.3, -0.25) is 13.9 Å². The van der Waals surface area contributed by atoms with Crippen molar-refractivity contribution in [3.8, 4) is 0 Å². The highest BCUT2D eigenvalue weighted by Crippen LogP contribution is 2.26. The van der Waals surface area contributed by atoms with Gasteiger partial charge < -0.3 is 5.32 Å². The van der Waals surface area contributed by atoms with E-state index in [9.17, 15) is 18.0 Å². The van der Waals surface area contributed by atoms with Crippen molar-refractivity contribution in [1.29, 1.82) is 0 Å². The van der Waals surface area contributed by atoms with Crippen LogP contribution in [-0.4, -0.2) is 40.9 Å². The van der Waals surface area contributed by atoms with Gasteiger partial charge in [0, 0.05) is 19.1 Å². The summed E-state index contributed by atoms with van der Waals surface area (Å²) in [6, 6.07) is 11.3. The number of fused-ring (bicyclic) bond motifs is 1. The fourth-order valence-electron chi connectivity index (χ4n) is 4.05. The molecule has 0 unspecified atom stereocenters. The minimum absolute atomic E-state index is 0.119. The van der Waals surface area contributed by atoms with Crippen molar-refractivity contribution in [2.75, 3.05) is 18.4 Å². The summed E-state index contributed by atoms with van der Waals surface area (Å²) in [6.45, 7) is 4.43. The lowest BCUT2D eigenvalue weighted by Crippen LogP contribution is -2.30. The predicted molar refractivity (Wildman–Crippen MR) is 125 cm³/mol. The average molecular weight is 477 g/mol. The average Bonchev–Trinajstić information content (AvgIpc) is 3.37. The predicted octanol–water partition coefficient (Wildman–Crippen LogP) is 3.46. The minimum Gasteiger partial charge on any atom is -0.323 e. The molecular formula is C22H25ClN4O4S. The minimum atomic E-state index is -3.66. The highest BCUT2D eigenvalue weighted by Gasteiger charge is 2.28. The number of rotatable bonds is 6. The first-order valence-electron chi connectivity index (χ1n) is 10.5. The molecule has 0 aliphatic carbocycles. The quantitative estimate of drug-likeness (QED) is 0.589. The van der Waals surface area contributed by atoms with Gasteiger partial charge in [0.1, 0.15) is 6.54 Å². The number of benzene rings is 2. The molecule has 1 amide bonds. The fourth-order valence-corrected chi connectivity index (χ4v) is 5.77. The van der Waals surface area contributed by atoms with Crippen molar-refractivity contribution in [3.05, 3.63) is 58.0 Å². The Morgan fingerprint density at radius 3 is 2.44 bits per heavy atom. The number of carbonyl (C=O) groups excluding carboxylic acids is 1. The van der Waals surface area contributed by atoms with Crippen molar-refractivity contribution < 1.29 is 13.2 Å². The van der Waals surface area contributed by atoms with Crippen LogP contribution in [0.1, 0.15) is 32.7 Å². The lowest BCUT2D eigenvalue weighted by Gasteiger charge is -2.16. The zero-order chi connectivity index (χ0) is 23.0. The van der Waals surface area contributed by atoms with Crippen LogP contribution < -0.4 is 11.0 Å². The van der Waals surface area contributed by atoms with E-state index in [0.29, 0.717) is 34.8 Å². The molecule has 32 heavy (non-hydrogen) atoms. The molecule has 2 heterocycles. The number of amides is 1. The van der Waals surface area contributed by atoms with E-state index in [1.165, 1.54) is 21.0 Å². The molecule has 4 rings (SSSR count). The summed E-state index contributed by atoms with van der Waals surface area (Å²) in [5.74, 6) is -0.434. The maximum absolute atomic E-state index is 13.2. The number of carbonyl (C=O) groups is 1. The number of hydrogen-bond acceptors (Lipinski definition) is 4. The molecule has 2 aromatic carbocycles. The second kappa shape index (κ2) is 8.73. The van der Waals surface area contributed by atoms with E-state index < -0.39 is 15.9 Å². The Balaban J connectivity index is 1.76. The van der Waals surface area contributed by atoms with Gasteiger partial charge in [0.2, 0.25) is 15.9 Å². The van der Waals surface area contributed by atoms with Crippen LogP contribution in [0.25, 0.3) is 11.0 Å². The van der Waals surface area contributed by atoms with Gasteiger partial charge in [-0.1, -0.05) is 23.7 Å². The van der Waals surface area contributed by atoms with Gasteiger partial charge in [-0.25, -0.2) is 13.2 Å². The van der Waals surface area contributed by atoms with Gasteiger partial charge in [-0.2, -0.15) is 4.31 Å². The molecule has 0 spiro atoms. The van der Waals surface area contributed by atoms with Crippen LogP contribution in [0, 0.1) is 0 Å². The van der Waals surface area contributed by atoms with E-state index >= 15 is 0 Å². The van der Waals surface area contributed by atoms with Gasteiger partial charge >= 0.3 is 5.69 Å². The van der Waals surface area contributed by atoms with Gasteiger partial charge in [-0.15, -0.1) is 0 Å². The van der Waals surface area contributed by atoms with Crippen LogP contribution in [0.4, 0.5) is 5.69 Å². The Hall–Kier alpha value is -2.62. The Morgan fingerprint density at radius 2 is 1.78 bits per heavy atom. The molecule has 8 nitrogen and oxygen atoms in total. The monoisotopic (exact) mass is 476 g/mol. The highest BCUT2D eigenvalue weighted by molar-refractivity contribution is 7.89. The van der Waals surface area contributed by atoms with Crippen LogP contribution in [0.3, 0.4) is 0 Å². The van der Waals surface area contributed by atoms with Gasteiger partial charge in [0.25, 0.3) is 0 Å². The zero-order valence-corrected chi connectivity index (χ0v) is 19.5. The number of nitrogens with zero attached hydrogens (tertiary/aromatic N) is 3. The van der Waals surface area contributed by atoms with E-state index in [0.717, 1.165) is 12.8 Å². The number of para-hydroxylation sites is 1. The topological polar surface area (TPSA) is 93.4 Å². The molecule has 10 heteroatoms. The molecule has 0 saturated carbocycles. The number of sulfonamides is 1.